The molecule has 0 fully saturated rings. The molecule has 5 rings (SSSR count). The molecule has 0 bridgehead atoms. The molecule has 0 amide bonds. The van der Waals surface area contributed by atoms with Crippen LogP contribution >= 0.6 is 11.6 Å². The van der Waals surface area contributed by atoms with Crippen LogP contribution in [0.25, 0.3) is 28.1 Å². The van der Waals surface area contributed by atoms with Gasteiger partial charge in [0.1, 0.15) is 11.3 Å². The summed E-state index contributed by atoms with van der Waals surface area (Å²) in [7, 11) is 1.57. The number of benzene rings is 2. The average molecular weight is 445 g/mol. The van der Waals surface area contributed by atoms with Crippen LogP contribution in [0.3, 0.4) is 0 Å². The second-order valence-electron chi connectivity index (χ2n) is 7.57. The molecule has 0 N–H and O–H groups in total. The molecule has 160 valence electrons. The highest BCUT2D eigenvalue weighted by Crippen LogP contribution is 2.30. The van der Waals surface area contributed by atoms with E-state index in [0.717, 1.165) is 17.5 Å². The Bertz CT molecular complexity index is 1510. The normalized spacial score (nSPS) is 11.3. The molecule has 3 heterocycles. The van der Waals surface area contributed by atoms with Crippen LogP contribution in [0, 0.1) is 6.92 Å². The number of pyridine rings is 1. The second-order valence-corrected chi connectivity index (χ2v) is 7.98. The molecule has 2 aromatic carbocycles. The van der Waals surface area contributed by atoms with Gasteiger partial charge in [0.25, 0.3) is 5.56 Å². The first-order valence-electron chi connectivity index (χ1n) is 10.3. The first kappa shape index (κ1) is 20.3. The molecule has 7 heteroatoms. The van der Waals surface area contributed by atoms with E-state index in [9.17, 15) is 4.79 Å². The molecule has 5 aromatic rings. The first-order chi connectivity index (χ1) is 15.6. The lowest BCUT2D eigenvalue weighted by atomic mass is 10.1. The predicted molar refractivity (Wildman–Crippen MR) is 127 cm³/mol. The molecule has 0 aliphatic carbocycles. The molecular formula is C25H21ClN4O2. The lowest BCUT2D eigenvalue weighted by molar-refractivity contribution is 0.399. The lowest BCUT2D eigenvalue weighted by Crippen LogP contribution is -2.25. The Morgan fingerprint density at radius 2 is 1.72 bits per heavy atom. The monoisotopic (exact) mass is 444 g/mol. The van der Waals surface area contributed by atoms with Crippen molar-refractivity contribution in [3.63, 3.8) is 0 Å². The van der Waals surface area contributed by atoms with Crippen LogP contribution in [0.1, 0.15) is 11.3 Å². The summed E-state index contributed by atoms with van der Waals surface area (Å²) >= 11 is 6.49. The van der Waals surface area contributed by atoms with Crippen molar-refractivity contribution in [3.8, 4) is 17.3 Å². The Labute approximate surface area is 189 Å². The van der Waals surface area contributed by atoms with Crippen molar-refractivity contribution >= 4 is 28.3 Å². The number of aryl methyl sites for hydroxylation is 3. The molecule has 0 aliphatic rings. The Morgan fingerprint density at radius 1 is 0.969 bits per heavy atom. The van der Waals surface area contributed by atoms with E-state index in [4.69, 9.17) is 26.3 Å². The van der Waals surface area contributed by atoms with Gasteiger partial charge in [0.15, 0.2) is 5.65 Å². The number of ether oxygens (including phenoxy) is 1. The number of aromatic nitrogens is 4. The van der Waals surface area contributed by atoms with Gasteiger partial charge in [0, 0.05) is 18.2 Å². The summed E-state index contributed by atoms with van der Waals surface area (Å²) in [6.07, 6.45) is 0.725. The van der Waals surface area contributed by atoms with Gasteiger partial charge in [0.05, 0.1) is 23.3 Å². The second kappa shape index (κ2) is 8.13. The third-order valence-electron chi connectivity index (χ3n) is 5.62. The van der Waals surface area contributed by atoms with E-state index >= 15 is 0 Å². The number of imidazole rings is 1. The summed E-state index contributed by atoms with van der Waals surface area (Å²) < 4.78 is 8.96. The zero-order chi connectivity index (χ0) is 22.2. The highest BCUT2D eigenvalue weighted by atomic mass is 35.5. The highest BCUT2D eigenvalue weighted by Gasteiger charge is 2.21. The van der Waals surface area contributed by atoms with Gasteiger partial charge in [-0.15, -0.1) is 0 Å². The number of fused-ring (bicyclic) bond motifs is 3. The maximum atomic E-state index is 13.7. The van der Waals surface area contributed by atoms with Crippen LogP contribution in [0.2, 0.25) is 5.02 Å². The number of hydrogen-bond donors (Lipinski definition) is 0. The van der Waals surface area contributed by atoms with Crippen molar-refractivity contribution < 1.29 is 4.74 Å². The Morgan fingerprint density at radius 3 is 2.47 bits per heavy atom. The smallest absolute Gasteiger partial charge is 0.277 e. The molecule has 0 unspecified atom stereocenters. The summed E-state index contributed by atoms with van der Waals surface area (Å²) in [6, 6.07) is 21.2. The van der Waals surface area contributed by atoms with Crippen LogP contribution in [0.4, 0.5) is 0 Å². The first-order valence-corrected chi connectivity index (χ1v) is 10.7. The Kier molecular flexibility index (Phi) is 5.15. The molecule has 0 spiro atoms. The number of rotatable bonds is 5. The van der Waals surface area contributed by atoms with E-state index in [2.05, 4.69) is 12.1 Å². The molecule has 0 radical (unpaired) electrons. The van der Waals surface area contributed by atoms with Gasteiger partial charge in [-0.05, 0) is 37.1 Å². The van der Waals surface area contributed by atoms with Gasteiger partial charge in [-0.25, -0.2) is 4.98 Å². The van der Waals surface area contributed by atoms with Crippen LogP contribution in [0.5, 0.6) is 5.88 Å². The summed E-state index contributed by atoms with van der Waals surface area (Å²) in [4.78, 5) is 23.1. The lowest BCUT2D eigenvalue weighted by Gasteiger charge is -2.14. The fourth-order valence-electron chi connectivity index (χ4n) is 4.07. The van der Waals surface area contributed by atoms with Crippen LogP contribution in [0.15, 0.2) is 71.5 Å². The fourth-order valence-corrected chi connectivity index (χ4v) is 4.29. The standard InChI is InChI=1S/C25H21ClN4O2/c1-16-22-25(31)29(15-14-17-8-4-3-5-9-17)20-12-13-21(32-2)28-24(20)30(22)23(27-16)18-10-6-7-11-19(18)26/h3-13H,14-15H2,1-2H3. The number of hydrogen-bond acceptors (Lipinski definition) is 4. The molecule has 0 saturated carbocycles. The maximum Gasteiger partial charge on any atom is 0.277 e. The largest absolute Gasteiger partial charge is 0.481 e. The Balaban J connectivity index is 1.81. The van der Waals surface area contributed by atoms with E-state index in [1.54, 1.807) is 22.1 Å². The number of nitrogens with zero attached hydrogens (tertiary/aromatic N) is 4. The van der Waals surface area contributed by atoms with Gasteiger partial charge >= 0.3 is 0 Å². The molecule has 0 saturated heterocycles. The molecule has 3 aromatic heterocycles. The highest BCUT2D eigenvalue weighted by molar-refractivity contribution is 6.33. The summed E-state index contributed by atoms with van der Waals surface area (Å²) in [5, 5.41) is 0.559. The third kappa shape index (κ3) is 3.33. The molecule has 0 atom stereocenters. The average Bonchev–Trinajstić information content (AvgIpc) is 3.17. The van der Waals surface area contributed by atoms with Crippen LogP contribution < -0.4 is 10.3 Å². The van der Waals surface area contributed by atoms with Crippen molar-refractivity contribution in [1.29, 1.82) is 0 Å². The minimum atomic E-state index is -0.108. The van der Waals surface area contributed by atoms with Crippen molar-refractivity contribution in [1.82, 2.24) is 18.9 Å². The van der Waals surface area contributed by atoms with E-state index in [1.807, 2.05) is 55.5 Å². The zero-order valence-corrected chi connectivity index (χ0v) is 18.5. The Hall–Kier alpha value is -3.64. The van der Waals surface area contributed by atoms with Gasteiger partial charge in [-0.1, -0.05) is 54.1 Å². The topological polar surface area (TPSA) is 61.4 Å². The minimum absolute atomic E-state index is 0.108. The number of halogens is 1. The van der Waals surface area contributed by atoms with E-state index < -0.39 is 0 Å². The quantitative estimate of drug-likeness (QED) is 0.386. The van der Waals surface area contributed by atoms with E-state index in [-0.39, 0.29) is 5.56 Å². The molecular weight excluding hydrogens is 424 g/mol. The van der Waals surface area contributed by atoms with Crippen molar-refractivity contribution in [3.05, 3.63) is 93.4 Å². The summed E-state index contributed by atoms with van der Waals surface area (Å²) in [5.74, 6) is 1.05. The minimum Gasteiger partial charge on any atom is -0.481 e. The van der Waals surface area contributed by atoms with Crippen LogP contribution in [-0.4, -0.2) is 26.0 Å². The van der Waals surface area contributed by atoms with E-state index in [1.165, 1.54) is 0 Å². The third-order valence-corrected chi connectivity index (χ3v) is 5.95. The summed E-state index contributed by atoms with van der Waals surface area (Å²) in [6.45, 7) is 2.36. The fraction of sp³-hybridized carbons (Fsp3) is 0.160. The van der Waals surface area contributed by atoms with Gasteiger partial charge < -0.3 is 9.30 Å². The van der Waals surface area contributed by atoms with Gasteiger partial charge in [0.2, 0.25) is 5.88 Å². The number of methoxy groups -OCH3 is 1. The predicted octanol–water partition coefficient (Wildman–Crippen LogP) is 4.92. The SMILES string of the molecule is COc1ccc2c(n1)n1c(-c3ccccc3Cl)nc(C)c1c(=O)n2CCc1ccccc1. The van der Waals surface area contributed by atoms with Gasteiger partial charge in [-0.2, -0.15) is 4.98 Å². The molecule has 6 nitrogen and oxygen atoms in total. The van der Waals surface area contributed by atoms with E-state index in [0.29, 0.717) is 45.6 Å². The maximum absolute atomic E-state index is 13.7. The van der Waals surface area contributed by atoms with Crippen molar-refractivity contribution in [2.24, 2.45) is 0 Å². The molecule has 0 aliphatic heterocycles. The zero-order valence-electron chi connectivity index (χ0n) is 17.7. The van der Waals surface area contributed by atoms with Crippen molar-refractivity contribution in [2.45, 2.75) is 19.9 Å². The van der Waals surface area contributed by atoms with Crippen LogP contribution in [-0.2, 0) is 13.0 Å². The van der Waals surface area contributed by atoms with Crippen molar-refractivity contribution in [2.75, 3.05) is 7.11 Å². The molecule has 32 heavy (non-hydrogen) atoms. The summed E-state index contributed by atoms with van der Waals surface area (Å²) in [5.41, 5.74) is 4.22. The van der Waals surface area contributed by atoms with Gasteiger partial charge in [-0.3, -0.25) is 9.20 Å².